The zero-order valence-corrected chi connectivity index (χ0v) is 8.57. The second-order valence-electron chi connectivity index (χ2n) is 5.12. The molecule has 4 atom stereocenters. The Labute approximate surface area is 88.4 Å². The van der Waals surface area contributed by atoms with E-state index in [-0.39, 0.29) is 23.6 Å². The predicted octanol–water partition coefficient (Wildman–Crippen LogP) is 1.57. The Morgan fingerprint density at radius 3 is 3.27 bits per heavy atom. The molecule has 0 unspecified atom stereocenters. The Hall–Kier alpha value is -0.830. The molecule has 3 fully saturated rings. The van der Waals surface area contributed by atoms with Gasteiger partial charge in [0.15, 0.2) is 0 Å². The lowest BCUT2D eigenvalue weighted by atomic mass is 9.75. The van der Waals surface area contributed by atoms with Crippen LogP contribution in [0.15, 0.2) is 11.6 Å². The fourth-order valence-electron chi connectivity index (χ4n) is 3.72. The van der Waals surface area contributed by atoms with Crippen molar-refractivity contribution in [1.29, 1.82) is 0 Å². The molecule has 3 nitrogen and oxygen atoms in total. The second-order valence-corrected chi connectivity index (χ2v) is 5.12. The monoisotopic (exact) mass is 206 g/mol. The van der Waals surface area contributed by atoms with Gasteiger partial charge in [-0.05, 0) is 25.7 Å². The molecule has 80 valence electrons. The Bertz CT molecular complexity index is 373. The maximum absolute atomic E-state index is 11.7. The van der Waals surface area contributed by atoms with Crippen LogP contribution in [0.2, 0.25) is 0 Å². The molecule has 0 aromatic carbocycles. The quantitative estimate of drug-likeness (QED) is 0.446. The molecule has 4 aliphatic rings. The molecule has 2 saturated heterocycles. The molecule has 0 amide bonds. The zero-order chi connectivity index (χ0) is 10.0. The fraction of sp³-hybridized carbons (Fsp3) is 0.750. The Balaban J connectivity index is 1.84. The van der Waals surface area contributed by atoms with Crippen LogP contribution < -0.4 is 0 Å². The topological polar surface area (TPSA) is 38.8 Å². The molecule has 0 aromatic rings. The van der Waals surface area contributed by atoms with Gasteiger partial charge in [-0.15, -0.1) is 0 Å². The van der Waals surface area contributed by atoms with Crippen molar-refractivity contribution in [2.24, 2.45) is 5.92 Å². The van der Waals surface area contributed by atoms with E-state index in [2.05, 4.69) is 0 Å². The van der Waals surface area contributed by atoms with E-state index in [1.165, 1.54) is 12.8 Å². The largest absolute Gasteiger partial charge is 0.458 e. The van der Waals surface area contributed by atoms with E-state index in [0.29, 0.717) is 6.10 Å². The molecule has 1 saturated carbocycles. The lowest BCUT2D eigenvalue weighted by Crippen LogP contribution is -2.34. The number of esters is 1. The van der Waals surface area contributed by atoms with Crippen molar-refractivity contribution < 1.29 is 14.3 Å². The molecule has 0 bridgehead atoms. The summed E-state index contributed by atoms with van der Waals surface area (Å²) in [6, 6.07) is 0. The van der Waals surface area contributed by atoms with Crippen LogP contribution in [0.1, 0.15) is 32.1 Å². The summed E-state index contributed by atoms with van der Waals surface area (Å²) in [6.45, 7) is 0. The number of hydrogen-bond donors (Lipinski definition) is 0. The van der Waals surface area contributed by atoms with Crippen LogP contribution >= 0.6 is 0 Å². The van der Waals surface area contributed by atoms with Gasteiger partial charge in [-0.2, -0.15) is 0 Å². The summed E-state index contributed by atoms with van der Waals surface area (Å²) in [7, 11) is 0. The normalized spacial score (nSPS) is 51.1. The van der Waals surface area contributed by atoms with Crippen LogP contribution in [0.4, 0.5) is 0 Å². The lowest BCUT2D eigenvalue weighted by Gasteiger charge is -2.23. The molecule has 1 spiro atoms. The van der Waals surface area contributed by atoms with Crippen LogP contribution in [0.25, 0.3) is 0 Å². The van der Waals surface area contributed by atoms with Crippen LogP contribution in [-0.4, -0.2) is 23.8 Å². The maximum Gasteiger partial charge on any atom is 0.334 e. The summed E-state index contributed by atoms with van der Waals surface area (Å²) < 4.78 is 11.4. The molecular formula is C12H14O3. The van der Waals surface area contributed by atoms with E-state index < -0.39 is 0 Å². The van der Waals surface area contributed by atoms with Crippen LogP contribution in [0.3, 0.4) is 0 Å². The highest BCUT2D eigenvalue weighted by Gasteiger charge is 2.68. The smallest absolute Gasteiger partial charge is 0.334 e. The molecule has 2 heterocycles. The molecule has 15 heavy (non-hydrogen) atoms. The van der Waals surface area contributed by atoms with E-state index in [1.807, 2.05) is 6.08 Å². The van der Waals surface area contributed by atoms with E-state index in [9.17, 15) is 4.79 Å². The summed E-state index contributed by atoms with van der Waals surface area (Å²) in [5.41, 5.74) is 0.910. The SMILES string of the molecule is O=C1O[C@@H]2CCCC[C@@]34O[C@@H]3CC=C1[C@H]24. The highest BCUT2D eigenvalue weighted by Crippen LogP contribution is 2.59. The minimum atomic E-state index is -0.0831. The number of hydrogen-bond acceptors (Lipinski definition) is 3. The third-order valence-corrected chi connectivity index (χ3v) is 4.43. The molecule has 0 radical (unpaired) electrons. The highest BCUT2D eigenvalue weighted by molar-refractivity contribution is 5.92. The molecule has 2 aliphatic carbocycles. The van der Waals surface area contributed by atoms with Gasteiger partial charge < -0.3 is 9.47 Å². The lowest BCUT2D eigenvalue weighted by molar-refractivity contribution is -0.139. The number of epoxide rings is 1. The van der Waals surface area contributed by atoms with Crippen molar-refractivity contribution in [2.75, 3.05) is 0 Å². The summed E-state index contributed by atoms with van der Waals surface area (Å²) in [6.07, 6.45) is 7.96. The molecular weight excluding hydrogens is 192 g/mol. The third kappa shape index (κ3) is 0.882. The molecule has 2 aliphatic heterocycles. The number of carbonyl (C=O) groups excluding carboxylic acids is 1. The number of ether oxygens (including phenoxy) is 2. The summed E-state index contributed by atoms with van der Waals surface area (Å²) in [4.78, 5) is 11.7. The first-order valence-corrected chi connectivity index (χ1v) is 5.90. The summed E-state index contributed by atoms with van der Waals surface area (Å²) >= 11 is 0. The van der Waals surface area contributed by atoms with Crippen LogP contribution in [0.5, 0.6) is 0 Å². The minimum absolute atomic E-state index is 0.00257. The van der Waals surface area contributed by atoms with Gasteiger partial charge in [0.25, 0.3) is 0 Å². The van der Waals surface area contributed by atoms with E-state index >= 15 is 0 Å². The zero-order valence-electron chi connectivity index (χ0n) is 8.57. The third-order valence-electron chi connectivity index (χ3n) is 4.43. The molecule has 3 heteroatoms. The summed E-state index contributed by atoms with van der Waals surface area (Å²) in [5.74, 6) is 0.173. The van der Waals surface area contributed by atoms with Crippen molar-refractivity contribution in [2.45, 2.75) is 49.9 Å². The number of rotatable bonds is 0. The average Bonchev–Trinajstić information content (AvgIpc) is 2.89. The summed E-state index contributed by atoms with van der Waals surface area (Å²) in [5, 5.41) is 0. The minimum Gasteiger partial charge on any atom is -0.458 e. The first-order chi connectivity index (χ1) is 7.31. The van der Waals surface area contributed by atoms with Gasteiger partial charge in [-0.1, -0.05) is 12.5 Å². The molecule has 4 rings (SSSR count). The van der Waals surface area contributed by atoms with Gasteiger partial charge in [0.05, 0.1) is 12.0 Å². The Morgan fingerprint density at radius 2 is 2.33 bits per heavy atom. The molecule has 0 N–H and O–H groups in total. The van der Waals surface area contributed by atoms with Crippen molar-refractivity contribution in [3.05, 3.63) is 11.6 Å². The first-order valence-electron chi connectivity index (χ1n) is 5.90. The van der Waals surface area contributed by atoms with Gasteiger partial charge in [0.1, 0.15) is 11.7 Å². The Morgan fingerprint density at radius 1 is 1.40 bits per heavy atom. The van der Waals surface area contributed by atoms with Gasteiger partial charge in [-0.25, -0.2) is 4.79 Å². The van der Waals surface area contributed by atoms with Crippen molar-refractivity contribution in [3.8, 4) is 0 Å². The van der Waals surface area contributed by atoms with E-state index in [1.54, 1.807) is 0 Å². The van der Waals surface area contributed by atoms with Gasteiger partial charge in [0, 0.05) is 5.57 Å². The van der Waals surface area contributed by atoms with Crippen LogP contribution in [0, 0.1) is 5.92 Å². The first kappa shape index (κ1) is 8.34. The van der Waals surface area contributed by atoms with Crippen LogP contribution in [-0.2, 0) is 14.3 Å². The molecule has 0 aromatic heterocycles. The standard InChI is InChI=1S/C12H14O3/c13-11-7-4-5-9-12(15-9)6-2-1-3-8(14-11)10(7)12/h4,8-10H,1-3,5-6H2/t8-,9-,10-,12-/m1/s1. The van der Waals surface area contributed by atoms with Crippen molar-refractivity contribution >= 4 is 5.97 Å². The van der Waals surface area contributed by atoms with Gasteiger partial charge in [-0.3, -0.25) is 0 Å². The highest BCUT2D eigenvalue weighted by atomic mass is 16.6. The Kier molecular flexibility index (Phi) is 1.37. The number of carbonyl (C=O) groups is 1. The van der Waals surface area contributed by atoms with Gasteiger partial charge >= 0.3 is 5.97 Å². The van der Waals surface area contributed by atoms with Crippen molar-refractivity contribution in [1.82, 2.24) is 0 Å². The van der Waals surface area contributed by atoms with Crippen molar-refractivity contribution in [3.63, 3.8) is 0 Å². The average molecular weight is 206 g/mol. The fourth-order valence-corrected chi connectivity index (χ4v) is 3.72. The predicted molar refractivity (Wildman–Crippen MR) is 52.1 cm³/mol. The van der Waals surface area contributed by atoms with E-state index in [0.717, 1.165) is 24.8 Å². The maximum atomic E-state index is 11.7. The van der Waals surface area contributed by atoms with Gasteiger partial charge in [0.2, 0.25) is 0 Å². The second kappa shape index (κ2) is 2.46. The van der Waals surface area contributed by atoms with E-state index in [4.69, 9.17) is 9.47 Å².